The topological polar surface area (TPSA) is 64.3 Å². The van der Waals surface area contributed by atoms with Gasteiger partial charge in [-0.15, -0.1) is 0 Å². The highest BCUT2D eigenvalue weighted by atomic mass is 79.9. The number of carbonyl (C=O) groups is 1. The van der Waals surface area contributed by atoms with Crippen molar-refractivity contribution in [1.29, 1.82) is 0 Å². The Bertz CT molecular complexity index is 977. The smallest absolute Gasteiger partial charge is 0.335 e. The molecule has 0 bridgehead atoms. The first kappa shape index (κ1) is 18.0. The van der Waals surface area contributed by atoms with E-state index in [-0.39, 0.29) is 5.56 Å². The van der Waals surface area contributed by atoms with Crippen molar-refractivity contribution >= 4 is 32.8 Å². The molecular weight excluding hydrogens is 408 g/mol. The molecule has 1 N–H and O–H groups in total. The van der Waals surface area contributed by atoms with Crippen LogP contribution in [0.25, 0.3) is 10.9 Å². The van der Waals surface area contributed by atoms with Crippen molar-refractivity contribution in [2.24, 2.45) is 5.92 Å². The fourth-order valence-electron chi connectivity index (χ4n) is 3.70. The Labute approximate surface area is 166 Å². The Morgan fingerprint density at radius 1 is 1.22 bits per heavy atom. The van der Waals surface area contributed by atoms with E-state index in [2.05, 4.69) is 27.1 Å². The summed E-state index contributed by atoms with van der Waals surface area (Å²) >= 11 is 3.54. The van der Waals surface area contributed by atoms with Crippen LogP contribution in [0.1, 0.15) is 41.6 Å². The Morgan fingerprint density at radius 2 is 2.04 bits per heavy atom. The van der Waals surface area contributed by atoms with Crippen molar-refractivity contribution in [1.82, 2.24) is 9.78 Å². The van der Waals surface area contributed by atoms with Crippen LogP contribution in [0, 0.1) is 5.92 Å². The van der Waals surface area contributed by atoms with Crippen LogP contribution in [0.2, 0.25) is 0 Å². The predicted octanol–water partition coefficient (Wildman–Crippen LogP) is 5.11. The van der Waals surface area contributed by atoms with E-state index >= 15 is 0 Å². The van der Waals surface area contributed by atoms with Crippen molar-refractivity contribution in [2.45, 2.75) is 32.2 Å². The van der Waals surface area contributed by atoms with Gasteiger partial charge < -0.3 is 9.84 Å². The minimum Gasteiger partial charge on any atom is -0.493 e. The van der Waals surface area contributed by atoms with Gasteiger partial charge in [-0.1, -0.05) is 28.8 Å². The molecule has 1 saturated carbocycles. The van der Waals surface area contributed by atoms with E-state index in [0.29, 0.717) is 12.5 Å². The van der Waals surface area contributed by atoms with E-state index in [1.807, 2.05) is 22.9 Å². The molecule has 1 heterocycles. The maximum atomic E-state index is 11.2. The molecule has 1 fully saturated rings. The van der Waals surface area contributed by atoms with Crippen molar-refractivity contribution in [3.63, 3.8) is 0 Å². The first-order chi connectivity index (χ1) is 13.1. The molecule has 140 valence electrons. The Hall–Kier alpha value is -2.34. The molecule has 27 heavy (non-hydrogen) atoms. The normalized spacial score (nSPS) is 14.7. The molecule has 2 aromatic carbocycles. The van der Waals surface area contributed by atoms with Gasteiger partial charge in [0.2, 0.25) is 0 Å². The van der Waals surface area contributed by atoms with Gasteiger partial charge in [0.1, 0.15) is 5.75 Å². The average molecular weight is 429 g/mol. The monoisotopic (exact) mass is 428 g/mol. The lowest BCUT2D eigenvalue weighted by Gasteiger charge is -2.15. The maximum absolute atomic E-state index is 11.2. The maximum Gasteiger partial charge on any atom is 0.335 e. The van der Waals surface area contributed by atoms with Crippen LogP contribution in [0.3, 0.4) is 0 Å². The highest BCUT2D eigenvalue weighted by Gasteiger charge is 2.17. The van der Waals surface area contributed by atoms with Gasteiger partial charge in [-0.2, -0.15) is 5.10 Å². The van der Waals surface area contributed by atoms with E-state index in [1.54, 1.807) is 18.3 Å². The van der Waals surface area contributed by atoms with Crippen LogP contribution < -0.4 is 4.74 Å². The second-order valence-corrected chi connectivity index (χ2v) is 8.01. The molecule has 1 aliphatic rings. The summed E-state index contributed by atoms with van der Waals surface area (Å²) < 4.78 is 9.02. The summed E-state index contributed by atoms with van der Waals surface area (Å²) in [6.45, 7) is 1.33. The molecule has 0 atom stereocenters. The summed E-state index contributed by atoms with van der Waals surface area (Å²) in [6, 6.07) is 11.1. The molecule has 0 unspecified atom stereocenters. The zero-order valence-corrected chi connectivity index (χ0v) is 16.5. The molecular formula is C21H21BrN2O3. The summed E-state index contributed by atoms with van der Waals surface area (Å²) in [5, 5.41) is 14.4. The molecule has 3 aromatic rings. The van der Waals surface area contributed by atoms with Crippen molar-refractivity contribution < 1.29 is 14.6 Å². The zero-order chi connectivity index (χ0) is 18.8. The number of hydrogen-bond donors (Lipinski definition) is 1. The number of nitrogens with zero attached hydrogens (tertiary/aromatic N) is 2. The third-order valence-electron chi connectivity index (χ3n) is 5.18. The van der Waals surface area contributed by atoms with E-state index in [4.69, 9.17) is 9.84 Å². The number of hydrogen-bond acceptors (Lipinski definition) is 3. The number of carboxylic acids is 1. The minimum atomic E-state index is -0.931. The standard InChI is InChI=1S/C21H21BrN2O3/c22-18-6-8-20(27-13-14-3-1-2-4-14)17(10-18)12-24-19-7-5-15(21(25)26)9-16(19)11-23-24/h5-11,14H,1-4,12-13H2,(H,25,26). The number of aromatic carboxylic acids is 1. The van der Waals surface area contributed by atoms with Crippen LogP contribution in [-0.4, -0.2) is 27.5 Å². The number of fused-ring (bicyclic) bond motifs is 1. The zero-order valence-electron chi connectivity index (χ0n) is 14.9. The number of benzene rings is 2. The lowest BCUT2D eigenvalue weighted by Crippen LogP contribution is -2.10. The molecule has 1 aliphatic carbocycles. The molecule has 5 nitrogen and oxygen atoms in total. The van der Waals surface area contributed by atoms with Crippen LogP contribution in [0.15, 0.2) is 47.1 Å². The number of ether oxygens (including phenoxy) is 1. The number of halogens is 1. The molecule has 0 aliphatic heterocycles. The quantitative estimate of drug-likeness (QED) is 0.591. The molecule has 0 saturated heterocycles. The number of carboxylic acid groups (broad SMARTS) is 1. The summed E-state index contributed by atoms with van der Waals surface area (Å²) in [5.41, 5.74) is 2.22. The second kappa shape index (κ2) is 7.72. The van der Waals surface area contributed by atoms with E-state index in [9.17, 15) is 4.79 Å². The largest absolute Gasteiger partial charge is 0.493 e. The van der Waals surface area contributed by atoms with Crippen LogP contribution in [-0.2, 0) is 6.54 Å². The fraction of sp³-hybridized carbons (Fsp3) is 0.333. The summed E-state index contributed by atoms with van der Waals surface area (Å²) in [6.07, 6.45) is 6.82. The second-order valence-electron chi connectivity index (χ2n) is 7.09. The fourth-order valence-corrected chi connectivity index (χ4v) is 4.11. The summed E-state index contributed by atoms with van der Waals surface area (Å²) in [7, 11) is 0. The summed E-state index contributed by atoms with van der Waals surface area (Å²) in [4.78, 5) is 11.2. The summed E-state index contributed by atoms with van der Waals surface area (Å²) in [5.74, 6) is 0.608. The van der Waals surface area contributed by atoms with Gasteiger partial charge in [0.15, 0.2) is 0 Å². The van der Waals surface area contributed by atoms with Crippen LogP contribution in [0.4, 0.5) is 0 Å². The molecule has 4 rings (SSSR count). The first-order valence-corrected chi connectivity index (χ1v) is 9.99. The lowest BCUT2D eigenvalue weighted by atomic mass is 10.1. The third-order valence-corrected chi connectivity index (χ3v) is 5.67. The van der Waals surface area contributed by atoms with E-state index < -0.39 is 5.97 Å². The Morgan fingerprint density at radius 3 is 2.81 bits per heavy atom. The Balaban J connectivity index is 1.58. The highest BCUT2D eigenvalue weighted by Crippen LogP contribution is 2.29. The van der Waals surface area contributed by atoms with Crippen LogP contribution in [0.5, 0.6) is 5.75 Å². The minimum absolute atomic E-state index is 0.269. The van der Waals surface area contributed by atoms with E-state index in [1.165, 1.54) is 25.7 Å². The average Bonchev–Trinajstić information content (AvgIpc) is 3.31. The van der Waals surface area contributed by atoms with Gasteiger partial charge in [-0.25, -0.2) is 4.79 Å². The number of rotatable bonds is 6. The molecule has 1 aromatic heterocycles. The van der Waals surface area contributed by atoms with Gasteiger partial charge in [0.25, 0.3) is 0 Å². The molecule has 0 radical (unpaired) electrons. The molecule has 0 amide bonds. The Kier molecular flexibility index (Phi) is 5.16. The van der Waals surface area contributed by atoms with Gasteiger partial charge in [0, 0.05) is 15.4 Å². The van der Waals surface area contributed by atoms with Gasteiger partial charge in [-0.05, 0) is 55.2 Å². The lowest BCUT2D eigenvalue weighted by molar-refractivity contribution is 0.0697. The first-order valence-electron chi connectivity index (χ1n) is 9.20. The predicted molar refractivity (Wildman–Crippen MR) is 107 cm³/mol. The highest BCUT2D eigenvalue weighted by molar-refractivity contribution is 9.10. The molecule has 6 heteroatoms. The van der Waals surface area contributed by atoms with Gasteiger partial charge in [0.05, 0.1) is 30.4 Å². The number of aromatic nitrogens is 2. The van der Waals surface area contributed by atoms with E-state index in [0.717, 1.165) is 33.3 Å². The van der Waals surface area contributed by atoms with Crippen LogP contribution >= 0.6 is 15.9 Å². The molecule has 0 spiro atoms. The van der Waals surface area contributed by atoms with Crippen molar-refractivity contribution in [3.8, 4) is 5.75 Å². The SMILES string of the molecule is O=C(O)c1ccc2c(cnn2Cc2cc(Br)ccc2OCC2CCCC2)c1. The van der Waals surface area contributed by atoms with Gasteiger partial charge >= 0.3 is 5.97 Å². The van der Waals surface area contributed by atoms with Crippen molar-refractivity contribution in [2.75, 3.05) is 6.61 Å². The van der Waals surface area contributed by atoms with Crippen molar-refractivity contribution in [3.05, 3.63) is 58.2 Å². The van der Waals surface area contributed by atoms with Gasteiger partial charge in [-0.3, -0.25) is 4.68 Å². The third kappa shape index (κ3) is 4.00.